The van der Waals surface area contributed by atoms with Crippen molar-refractivity contribution < 1.29 is 9.90 Å². The number of benzene rings is 1. The minimum Gasteiger partial charge on any atom is -0.392 e. The number of likely N-dealkylation sites (tertiary alicyclic amines) is 1. The van der Waals surface area contributed by atoms with E-state index in [2.05, 4.69) is 33.4 Å². The second-order valence-corrected chi connectivity index (χ2v) is 11.7. The van der Waals surface area contributed by atoms with Crippen LogP contribution in [0.2, 0.25) is 0 Å². The van der Waals surface area contributed by atoms with Crippen LogP contribution in [0.1, 0.15) is 90.2 Å². The van der Waals surface area contributed by atoms with Gasteiger partial charge in [0.15, 0.2) is 5.78 Å². The maximum absolute atomic E-state index is 13.5. The molecule has 0 atom stereocenters. The van der Waals surface area contributed by atoms with Gasteiger partial charge in [-0.2, -0.15) is 4.98 Å². The van der Waals surface area contributed by atoms with Crippen LogP contribution in [0.4, 0.5) is 11.6 Å². The molecule has 3 aromatic heterocycles. The molecule has 1 aliphatic carbocycles. The maximum atomic E-state index is 13.5. The van der Waals surface area contributed by atoms with Crippen LogP contribution in [0, 0.1) is 6.92 Å². The normalized spacial score (nSPS) is 16.7. The average molecular weight is 567 g/mol. The van der Waals surface area contributed by atoms with E-state index < -0.39 is 0 Å². The number of aliphatic hydroxyl groups is 1. The predicted molar refractivity (Wildman–Crippen MR) is 163 cm³/mol. The maximum Gasteiger partial charge on any atom is 0.263 e. The summed E-state index contributed by atoms with van der Waals surface area (Å²) >= 11 is 0. The van der Waals surface area contributed by atoms with Crippen LogP contribution in [-0.4, -0.2) is 48.4 Å². The molecule has 1 aromatic carbocycles. The molecule has 2 N–H and O–H groups in total. The van der Waals surface area contributed by atoms with Crippen molar-refractivity contribution in [2.75, 3.05) is 18.4 Å². The zero-order valence-electron chi connectivity index (χ0n) is 24.3. The molecular formula is C33H38N6O3. The summed E-state index contributed by atoms with van der Waals surface area (Å²) in [5.41, 5.74) is 5.29. The van der Waals surface area contributed by atoms with E-state index >= 15 is 0 Å². The van der Waals surface area contributed by atoms with Gasteiger partial charge in [0.1, 0.15) is 5.65 Å². The third kappa shape index (κ3) is 5.71. The summed E-state index contributed by atoms with van der Waals surface area (Å²) in [5, 5.41) is 13.3. The fourth-order valence-electron chi connectivity index (χ4n) is 6.55. The number of aliphatic hydroxyl groups excluding tert-OH is 1. The van der Waals surface area contributed by atoms with Crippen LogP contribution in [-0.2, 0) is 13.2 Å². The Bertz CT molecular complexity index is 1630. The Balaban J connectivity index is 1.15. The minimum atomic E-state index is -0.249. The van der Waals surface area contributed by atoms with Crippen LogP contribution in [0.25, 0.3) is 11.0 Å². The monoisotopic (exact) mass is 566 g/mol. The van der Waals surface area contributed by atoms with Crippen LogP contribution < -0.4 is 10.9 Å². The summed E-state index contributed by atoms with van der Waals surface area (Å²) in [4.78, 5) is 42.4. The lowest BCUT2D eigenvalue weighted by atomic mass is 9.92. The van der Waals surface area contributed by atoms with Crippen molar-refractivity contribution in [3.05, 3.63) is 87.1 Å². The Morgan fingerprint density at radius 2 is 1.69 bits per heavy atom. The van der Waals surface area contributed by atoms with Crippen molar-refractivity contribution >= 4 is 28.5 Å². The quantitative estimate of drug-likeness (QED) is 0.272. The number of nitrogens with zero attached hydrogens (tertiary/aromatic N) is 5. The van der Waals surface area contributed by atoms with Gasteiger partial charge < -0.3 is 10.4 Å². The Hall–Kier alpha value is -3.95. The number of rotatable bonds is 8. The summed E-state index contributed by atoms with van der Waals surface area (Å²) < 4.78 is 1.73. The van der Waals surface area contributed by atoms with Gasteiger partial charge in [-0.25, -0.2) is 4.98 Å². The van der Waals surface area contributed by atoms with Crippen molar-refractivity contribution in [2.45, 2.75) is 77.5 Å². The smallest absolute Gasteiger partial charge is 0.263 e. The fraction of sp³-hybridized carbons (Fsp3) is 0.424. The SMILES string of the molecule is CC(=O)c1c(C)c2cnc(Nc3ccc(C4CCN(Cc5ccc(CO)cc5)CC4)nc3)nc2n(C2CCCC2)c1=O. The summed E-state index contributed by atoms with van der Waals surface area (Å²) in [6.45, 7) is 6.29. The summed E-state index contributed by atoms with van der Waals surface area (Å²) in [6.07, 6.45) is 9.60. The van der Waals surface area contributed by atoms with Crippen molar-refractivity contribution in [3.8, 4) is 0 Å². The van der Waals surface area contributed by atoms with Crippen molar-refractivity contribution in [1.29, 1.82) is 0 Å². The van der Waals surface area contributed by atoms with E-state index in [4.69, 9.17) is 9.97 Å². The third-order valence-electron chi connectivity index (χ3n) is 8.91. The number of hydrogen-bond donors (Lipinski definition) is 2. The van der Waals surface area contributed by atoms with E-state index in [9.17, 15) is 14.7 Å². The van der Waals surface area contributed by atoms with Crippen molar-refractivity contribution in [2.24, 2.45) is 0 Å². The Labute approximate surface area is 245 Å². The number of piperidine rings is 1. The summed E-state index contributed by atoms with van der Waals surface area (Å²) in [6, 6.07) is 12.3. The Kier molecular flexibility index (Phi) is 8.13. The standard InChI is InChI=1S/C33H38N6O3/c1-21-28-18-35-33(37-31(28)39(27-5-3-4-6-27)32(42)30(21)22(2)41)36-26-11-12-29(34-17-26)25-13-15-38(16-14-25)19-23-7-9-24(20-40)10-8-23/h7-12,17-18,25,27,40H,3-6,13-16,19-20H2,1-2H3,(H,35,36,37). The molecule has 9 nitrogen and oxygen atoms in total. The molecule has 42 heavy (non-hydrogen) atoms. The van der Waals surface area contributed by atoms with Gasteiger partial charge in [-0.15, -0.1) is 0 Å². The molecule has 9 heteroatoms. The molecule has 0 spiro atoms. The topological polar surface area (TPSA) is 113 Å². The van der Waals surface area contributed by atoms with Crippen LogP contribution in [0.3, 0.4) is 0 Å². The van der Waals surface area contributed by atoms with Crippen molar-refractivity contribution in [3.63, 3.8) is 0 Å². The molecule has 6 rings (SSSR count). The number of ketones is 1. The zero-order chi connectivity index (χ0) is 29.2. The average Bonchev–Trinajstić information content (AvgIpc) is 3.53. The summed E-state index contributed by atoms with van der Waals surface area (Å²) in [5.74, 6) is 0.598. The molecule has 0 unspecified atom stereocenters. The summed E-state index contributed by atoms with van der Waals surface area (Å²) in [7, 11) is 0. The molecule has 4 heterocycles. The highest BCUT2D eigenvalue weighted by atomic mass is 16.3. The van der Waals surface area contributed by atoms with Gasteiger partial charge in [-0.3, -0.25) is 24.0 Å². The second kappa shape index (κ2) is 12.1. The number of aromatic nitrogens is 4. The number of carbonyl (C=O) groups is 1. The molecule has 1 saturated heterocycles. The first-order chi connectivity index (χ1) is 20.4. The fourth-order valence-corrected chi connectivity index (χ4v) is 6.55. The molecule has 1 aliphatic heterocycles. The molecule has 1 saturated carbocycles. The van der Waals surface area contributed by atoms with Gasteiger partial charge in [-0.05, 0) is 81.4 Å². The van der Waals surface area contributed by atoms with Crippen LogP contribution >= 0.6 is 0 Å². The van der Waals surface area contributed by atoms with E-state index in [0.717, 1.165) is 80.5 Å². The Morgan fingerprint density at radius 3 is 2.33 bits per heavy atom. The number of fused-ring (bicyclic) bond motifs is 1. The lowest BCUT2D eigenvalue weighted by Crippen LogP contribution is -2.32. The predicted octanol–water partition coefficient (Wildman–Crippen LogP) is 5.43. The highest BCUT2D eigenvalue weighted by Gasteiger charge is 2.26. The van der Waals surface area contributed by atoms with E-state index in [1.807, 2.05) is 24.4 Å². The first kappa shape index (κ1) is 28.2. The van der Waals surface area contributed by atoms with Gasteiger partial charge in [0.2, 0.25) is 5.95 Å². The molecule has 2 fully saturated rings. The lowest BCUT2D eigenvalue weighted by Gasteiger charge is -2.31. The molecule has 0 amide bonds. The van der Waals surface area contributed by atoms with E-state index in [1.54, 1.807) is 17.7 Å². The van der Waals surface area contributed by atoms with Gasteiger partial charge in [-0.1, -0.05) is 37.1 Å². The largest absolute Gasteiger partial charge is 0.392 e. The molecule has 0 bridgehead atoms. The number of carbonyl (C=O) groups excluding carboxylic acids is 1. The molecule has 2 aliphatic rings. The highest BCUT2D eigenvalue weighted by Crippen LogP contribution is 2.32. The lowest BCUT2D eigenvalue weighted by molar-refractivity contribution is 0.101. The molecular weight excluding hydrogens is 528 g/mol. The van der Waals surface area contributed by atoms with Gasteiger partial charge in [0.05, 0.1) is 24.1 Å². The Morgan fingerprint density at radius 1 is 0.976 bits per heavy atom. The number of aryl methyl sites for hydroxylation is 1. The molecule has 218 valence electrons. The zero-order valence-corrected chi connectivity index (χ0v) is 24.3. The third-order valence-corrected chi connectivity index (χ3v) is 8.91. The number of pyridine rings is 2. The van der Waals surface area contributed by atoms with E-state index in [0.29, 0.717) is 23.1 Å². The highest BCUT2D eigenvalue weighted by molar-refractivity contribution is 5.99. The van der Waals surface area contributed by atoms with Crippen LogP contribution in [0.15, 0.2) is 53.6 Å². The molecule has 4 aromatic rings. The van der Waals surface area contributed by atoms with Gasteiger partial charge in [0.25, 0.3) is 5.56 Å². The van der Waals surface area contributed by atoms with Crippen molar-refractivity contribution in [1.82, 2.24) is 24.4 Å². The number of hydrogen-bond acceptors (Lipinski definition) is 8. The van der Waals surface area contributed by atoms with Crippen LogP contribution in [0.5, 0.6) is 0 Å². The molecule has 0 radical (unpaired) electrons. The van der Waals surface area contributed by atoms with E-state index in [1.165, 1.54) is 12.5 Å². The van der Waals surface area contributed by atoms with E-state index in [-0.39, 0.29) is 29.6 Å². The minimum absolute atomic E-state index is 0.0422. The van der Waals surface area contributed by atoms with Gasteiger partial charge >= 0.3 is 0 Å². The van der Waals surface area contributed by atoms with Gasteiger partial charge in [0, 0.05) is 35.8 Å². The number of Topliss-reactive ketones (excluding diaryl/α,β-unsaturated/α-hetero) is 1. The first-order valence-electron chi connectivity index (χ1n) is 15.0. The number of anilines is 2. The second-order valence-electron chi connectivity index (χ2n) is 11.7. The first-order valence-corrected chi connectivity index (χ1v) is 15.0. The number of nitrogens with one attached hydrogen (secondary N) is 1.